The molecule has 0 unspecified atom stereocenters. The molecule has 0 saturated heterocycles. The maximum atomic E-state index is 14.5. The van der Waals surface area contributed by atoms with Gasteiger partial charge in [0.2, 0.25) is 0 Å². The van der Waals surface area contributed by atoms with E-state index in [0.717, 1.165) is 51.2 Å². The second-order valence-corrected chi connectivity index (χ2v) is 14.7. The van der Waals surface area contributed by atoms with Crippen LogP contribution in [0.15, 0.2) is 46.1 Å². The smallest absolute Gasteiger partial charge is 0.329 e. The van der Waals surface area contributed by atoms with Crippen LogP contribution in [0.4, 0.5) is 8.63 Å². The van der Waals surface area contributed by atoms with Gasteiger partial charge in [0.25, 0.3) is 0 Å². The Morgan fingerprint density at radius 1 is 1.00 bits per heavy atom. The van der Waals surface area contributed by atoms with Crippen molar-refractivity contribution in [2.45, 2.75) is 74.0 Å². The van der Waals surface area contributed by atoms with Crippen LogP contribution in [0, 0.1) is 25.3 Å². The predicted molar refractivity (Wildman–Crippen MR) is 145 cm³/mol. The topological polar surface area (TPSA) is 17.3 Å². The number of hydrogen-bond donors (Lipinski definition) is 0. The van der Waals surface area contributed by atoms with Crippen molar-refractivity contribution in [1.82, 2.24) is 4.48 Å². The summed E-state index contributed by atoms with van der Waals surface area (Å²) in [5.74, 6) is 3.29. The number of hydrogen-bond acceptors (Lipinski definition) is 1. The molecular formula is C28H35BF2N2Si. The highest BCUT2D eigenvalue weighted by Gasteiger charge is 2.32. The molecule has 0 aliphatic carbocycles. The van der Waals surface area contributed by atoms with Gasteiger partial charge in [-0.3, -0.25) is 13.6 Å². The first-order valence-corrected chi connectivity index (χ1v) is 15.5. The van der Waals surface area contributed by atoms with Crippen LogP contribution >= 0.6 is 0 Å². The highest BCUT2D eigenvalue weighted by Crippen LogP contribution is 2.40. The molecular weight excluding hydrogens is 441 g/mol. The van der Waals surface area contributed by atoms with Crippen molar-refractivity contribution in [3.8, 4) is 11.5 Å². The third-order valence-electron chi connectivity index (χ3n) is 6.50. The summed E-state index contributed by atoms with van der Waals surface area (Å²) in [5, 5.41) is 0. The Kier molecular flexibility index (Phi) is 7.57. The summed E-state index contributed by atoms with van der Waals surface area (Å²) in [7, 11) is -4.13. The molecule has 178 valence electrons. The molecule has 2 heterocycles. The maximum absolute atomic E-state index is 14.5. The van der Waals surface area contributed by atoms with Gasteiger partial charge in [-0.15, -0.1) is 5.54 Å². The van der Waals surface area contributed by atoms with Gasteiger partial charge in [-0.25, -0.2) is 0 Å². The average molecular weight is 476 g/mol. The van der Waals surface area contributed by atoms with E-state index in [9.17, 15) is 8.63 Å². The van der Waals surface area contributed by atoms with E-state index in [1.54, 1.807) is 6.92 Å². The van der Waals surface area contributed by atoms with Gasteiger partial charge in [-0.2, -0.15) is 0 Å². The fraction of sp³-hybridized carbons (Fsp3) is 0.393. The summed E-state index contributed by atoms with van der Waals surface area (Å²) < 4.78 is 30.1. The van der Waals surface area contributed by atoms with Crippen molar-refractivity contribution in [1.29, 1.82) is 0 Å². The summed E-state index contributed by atoms with van der Waals surface area (Å²) in [4.78, 5) is 4.91. The van der Waals surface area contributed by atoms with Crippen LogP contribution in [-0.2, 0) is 6.42 Å². The Bertz CT molecular complexity index is 1260. The molecule has 0 saturated carbocycles. The SMILES string of the molecule is CCC1=C(C)/C(=C(\c2ccc(C#C[Si](C)(C)C)cc2)c2c(C)c(CC)c(C)n2B(F)F)N=C1C. The van der Waals surface area contributed by atoms with Gasteiger partial charge in [-0.1, -0.05) is 51.5 Å². The quantitative estimate of drug-likeness (QED) is 0.312. The van der Waals surface area contributed by atoms with Gasteiger partial charge >= 0.3 is 7.40 Å². The van der Waals surface area contributed by atoms with Crippen LogP contribution in [0.2, 0.25) is 19.6 Å². The molecule has 1 aliphatic rings. The van der Waals surface area contributed by atoms with Gasteiger partial charge in [0.1, 0.15) is 8.07 Å². The lowest BCUT2D eigenvalue weighted by atomic mass is 9.92. The van der Waals surface area contributed by atoms with Crippen LogP contribution in [0.3, 0.4) is 0 Å². The van der Waals surface area contributed by atoms with Crippen molar-refractivity contribution >= 4 is 26.8 Å². The molecule has 1 aromatic carbocycles. The van der Waals surface area contributed by atoms with Gasteiger partial charge in [0.15, 0.2) is 0 Å². The Morgan fingerprint density at radius 3 is 2.09 bits per heavy atom. The number of aromatic nitrogens is 1. The van der Waals surface area contributed by atoms with E-state index >= 15 is 0 Å². The van der Waals surface area contributed by atoms with Gasteiger partial charge < -0.3 is 4.48 Å². The highest BCUT2D eigenvalue weighted by molar-refractivity contribution is 6.83. The molecule has 1 aliphatic heterocycles. The molecule has 2 nitrogen and oxygen atoms in total. The minimum absolute atomic E-state index is 0.563. The first-order valence-electron chi connectivity index (χ1n) is 12.0. The van der Waals surface area contributed by atoms with Crippen LogP contribution in [0.1, 0.15) is 67.8 Å². The second-order valence-electron chi connectivity index (χ2n) is 9.99. The number of rotatable bonds is 5. The Morgan fingerprint density at radius 2 is 1.62 bits per heavy atom. The van der Waals surface area contributed by atoms with Crippen LogP contribution in [0.25, 0.3) is 5.57 Å². The number of benzene rings is 1. The molecule has 0 radical (unpaired) electrons. The van der Waals surface area contributed by atoms with E-state index in [1.807, 2.05) is 45.0 Å². The van der Waals surface area contributed by atoms with E-state index in [4.69, 9.17) is 4.99 Å². The number of aliphatic imine (C=N–C) groups is 1. The summed E-state index contributed by atoms with van der Waals surface area (Å²) in [6.07, 6.45) is 1.56. The third kappa shape index (κ3) is 4.91. The van der Waals surface area contributed by atoms with Crippen LogP contribution < -0.4 is 0 Å². The van der Waals surface area contributed by atoms with Gasteiger partial charge in [0, 0.05) is 28.2 Å². The first kappa shape index (κ1) is 26.0. The number of allylic oxidation sites excluding steroid dienone is 2. The zero-order valence-corrected chi connectivity index (χ0v) is 23.0. The van der Waals surface area contributed by atoms with Crippen molar-refractivity contribution in [3.05, 3.63) is 74.8 Å². The molecule has 0 bridgehead atoms. The normalized spacial score (nSPS) is 15.3. The fourth-order valence-corrected chi connectivity index (χ4v) is 5.36. The zero-order chi connectivity index (χ0) is 25.4. The highest BCUT2D eigenvalue weighted by atomic mass is 28.3. The van der Waals surface area contributed by atoms with Crippen LogP contribution in [0.5, 0.6) is 0 Å². The van der Waals surface area contributed by atoms with Gasteiger partial charge in [0.05, 0.1) is 5.70 Å². The lowest BCUT2D eigenvalue weighted by molar-refractivity contribution is 0.623. The van der Waals surface area contributed by atoms with E-state index in [0.29, 0.717) is 17.8 Å². The molecule has 0 atom stereocenters. The lowest BCUT2D eigenvalue weighted by Gasteiger charge is -2.17. The standard InChI is InChI=1S/C28H35BF2N2Si/c1-10-24-18(3)27(32-20(24)5)26(23-14-12-22(13-15-23)16-17-34(7,8)9)28-19(4)25(11-2)21(6)33(28)29(30)31/h12-15H,10-11H2,1-9H3/b27-26-. The van der Waals surface area contributed by atoms with Gasteiger partial charge in [-0.05, 0) is 80.5 Å². The summed E-state index contributed by atoms with van der Waals surface area (Å²) in [5.41, 5.74) is 13.0. The molecule has 2 aromatic rings. The molecule has 0 fully saturated rings. The zero-order valence-electron chi connectivity index (χ0n) is 22.0. The molecule has 34 heavy (non-hydrogen) atoms. The van der Waals surface area contributed by atoms with E-state index in [-0.39, 0.29) is 0 Å². The van der Waals surface area contributed by atoms with Crippen molar-refractivity contribution in [2.24, 2.45) is 4.99 Å². The average Bonchev–Trinajstić information content (AvgIpc) is 3.18. The summed E-state index contributed by atoms with van der Waals surface area (Å²) >= 11 is 0. The molecule has 0 spiro atoms. The lowest BCUT2D eigenvalue weighted by Crippen LogP contribution is -2.18. The van der Waals surface area contributed by atoms with E-state index in [2.05, 4.69) is 45.0 Å². The molecule has 1 aromatic heterocycles. The van der Waals surface area contributed by atoms with Crippen molar-refractivity contribution in [3.63, 3.8) is 0 Å². The minimum Gasteiger partial charge on any atom is -0.329 e. The van der Waals surface area contributed by atoms with Crippen LogP contribution in [-0.4, -0.2) is 25.7 Å². The maximum Gasteiger partial charge on any atom is 0.677 e. The molecule has 3 rings (SSSR count). The Balaban J connectivity index is 2.36. The molecule has 0 N–H and O–H groups in total. The largest absolute Gasteiger partial charge is 0.677 e. The van der Waals surface area contributed by atoms with E-state index < -0.39 is 15.5 Å². The fourth-order valence-electron chi connectivity index (χ4n) is 4.84. The predicted octanol–water partition coefficient (Wildman–Crippen LogP) is 7.63. The monoisotopic (exact) mass is 476 g/mol. The third-order valence-corrected chi connectivity index (χ3v) is 7.38. The van der Waals surface area contributed by atoms with E-state index in [1.165, 1.54) is 10.1 Å². The summed E-state index contributed by atoms with van der Waals surface area (Å²) in [6, 6.07) is 7.99. The van der Waals surface area contributed by atoms with Crippen molar-refractivity contribution < 1.29 is 8.63 Å². The minimum atomic E-state index is -2.63. The number of nitrogens with zero attached hydrogens (tertiary/aromatic N) is 2. The molecule has 6 heteroatoms. The summed E-state index contributed by atoms with van der Waals surface area (Å²) in [6.45, 7) is 18.6. The van der Waals surface area contributed by atoms with Crippen molar-refractivity contribution in [2.75, 3.05) is 0 Å². The first-order chi connectivity index (χ1) is 15.9. The Hall–Kier alpha value is -2.65. The molecule has 0 amide bonds. The second kappa shape index (κ2) is 9.92. The number of halogens is 2. The Labute approximate surface area is 205 Å².